The zero-order valence-corrected chi connectivity index (χ0v) is 26.1. The summed E-state index contributed by atoms with van der Waals surface area (Å²) in [6, 6.07) is 18.1. The Kier molecular flexibility index (Phi) is 11.4. The summed E-state index contributed by atoms with van der Waals surface area (Å²) in [4.78, 5) is 29.0. The van der Waals surface area contributed by atoms with Gasteiger partial charge in [0, 0.05) is 18.1 Å². The monoisotopic (exact) mass is 597 g/mol. The van der Waals surface area contributed by atoms with Gasteiger partial charge in [0.25, 0.3) is 10.0 Å². The fraction of sp³-hybridized carbons (Fsp3) is 0.375. The van der Waals surface area contributed by atoms with Crippen molar-refractivity contribution in [2.45, 2.75) is 71.4 Å². The number of sulfonamides is 1. The van der Waals surface area contributed by atoms with Crippen LogP contribution in [0.1, 0.15) is 55.4 Å². The zero-order chi connectivity index (χ0) is 30.2. The minimum Gasteiger partial charge on any atom is -0.354 e. The quantitative estimate of drug-likeness (QED) is 0.238. The molecule has 3 rings (SSSR count). The largest absolute Gasteiger partial charge is 0.354 e. The number of halogens is 1. The number of carbonyl (C=O) groups is 2. The van der Waals surface area contributed by atoms with E-state index in [1.54, 1.807) is 12.1 Å². The van der Waals surface area contributed by atoms with Crippen molar-refractivity contribution in [3.63, 3.8) is 0 Å². The van der Waals surface area contributed by atoms with Crippen LogP contribution >= 0.6 is 11.6 Å². The molecule has 9 heteroatoms. The molecule has 0 saturated carbocycles. The third kappa shape index (κ3) is 8.33. The Hall–Kier alpha value is -3.36. The Bertz CT molecular complexity index is 1460. The maximum Gasteiger partial charge on any atom is 0.264 e. The molecule has 0 bridgehead atoms. The van der Waals surface area contributed by atoms with Crippen LogP contribution in [-0.2, 0) is 26.2 Å². The van der Waals surface area contributed by atoms with Gasteiger partial charge in [0.2, 0.25) is 11.8 Å². The Morgan fingerprint density at radius 1 is 0.927 bits per heavy atom. The van der Waals surface area contributed by atoms with Crippen LogP contribution in [0.5, 0.6) is 0 Å². The molecule has 2 amide bonds. The predicted octanol–water partition coefficient (Wildman–Crippen LogP) is 6.18. The summed E-state index contributed by atoms with van der Waals surface area (Å²) in [6.45, 7) is 9.90. The lowest BCUT2D eigenvalue weighted by Gasteiger charge is -2.33. The molecule has 3 aromatic carbocycles. The van der Waals surface area contributed by atoms with E-state index in [9.17, 15) is 18.0 Å². The first-order valence-corrected chi connectivity index (χ1v) is 15.8. The van der Waals surface area contributed by atoms with Crippen LogP contribution in [0.2, 0.25) is 5.02 Å². The van der Waals surface area contributed by atoms with E-state index in [-0.39, 0.29) is 17.3 Å². The van der Waals surface area contributed by atoms with Gasteiger partial charge in [-0.2, -0.15) is 0 Å². The molecule has 1 atom stereocenters. The van der Waals surface area contributed by atoms with Gasteiger partial charge in [0.1, 0.15) is 12.6 Å². The number of nitrogens with zero attached hydrogens (tertiary/aromatic N) is 2. The fourth-order valence-electron chi connectivity index (χ4n) is 4.58. The molecule has 0 radical (unpaired) electrons. The Morgan fingerprint density at radius 3 is 2.24 bits per heavy atom. The summed E-state index contributed by atoms with van der Waals surface area (Å²) >= 11 is 6.03. The summed E-state index contributed by atoms with van der Waals surface area (Å²) in [5.74, 6) is -0.722. The van der Waals surface area contributed by atoms with Crippen LogP contribution in [0.3, 0.4) is 0 Å². The lowest BCUT2D eigenvalue weighted by atomic mass is 10.1. The van der Waals surface area contributed by atoms with E-state index in [1.165, 1.54) is 29.2 Å². The number of unbranched alkanes of at least 4 members (excludes halogenated alkanes) is 1. The molecule has 0 aliphatic carbocycles. The van der Waals surface area contributed by atoms with Crippen molar-refractivity contribution in [1.29, 1.82) is 0 Å². The van der Waals surface area contributed by atoms with Crippen molar-refractivity contribution >= 4 is 39.1 Å². The molecule has 0 unspecified atom stereocenters. The van der Waals surface area contributed by atoms with Gasteiger partial charge in [-0.3, -0.25) is 13.9 Å². The number of amides is 2. The number of carbonyl (C=O) groups excluding carboxylic acids is 2. The number of anilines is 1. The third-order valence-electron chi connectivity index (χ3n) is 7.11. The van der Waals surface area contributed by atoms with Gasteiger partial charge in [0.05, 0.1) is 10.6 Å². The number of rotatable bonds is 13. The molecule has 1 N–H and O–H groups in total. The highest BCUT2D eigenvalue weighted by Gasteiger charge is 2.33. The van der Waals surface area contributed by atoms with Crippen LogP contribution in [0, 0.1) is 20.8 Å². The molecule has 0 aliphatic heterocycles. The SMILES string of the molecule is CCCCNC(=O)[C@@H](CC)N(Cc1cccc(C)c1)C(=O)CN(c1ccc(C)c(C)c1)S(=O)(=O)c1ccc(Cl)cc1. The topological polar surface area (TPSA) is 86.8 Å². The normalized spacial score (nSPS) is 12.0. The molecule has 0 aromatic heterocycles. The number of hydrogen-bond donors (Lipinski definition) is 1. The van der Waals surface area contributed by atoms with E-state index in [1.807, 2.05) is 65.0 Å². The first-order valence-electron chi connectivity index (χ1n) is 14.0. The molecule has 0 spiro atoms. The smallest absolute Gasteiger partial charge is 0.264 e. The van der Waals surface area contributed by atoms with Gasteiger partial charge in [-0.1, -0.05) is 67.8 Å². The molecular formula is C32H40ClN3O4S. The molecule has 3 aromatic rings. The lowest BCUT2D eigenvalue weighted by Crippen LogP contribution is -2.52. The molecule has 0 fully saturated rings. The van der Waals surface area contributed by atoms with Crippen molar-refractivity contribution in [3.8, 4) is 0 Å². The Morgan fingerprint density at radius 2 is 1.63 bits per heavy atom. The fourth-order valence-corrected chi connectivity index (χ4v) is 6.11. The van der Waals surface area contributed by atoms with Crippen LogP contribution in [-0.4, -0.2) is 44.3 Å². The second-order valence-corrected chi connectivity index (χ2v) is 12.6. The first-order chi connectivity index (χ1) is 19.5. The van der Waals surface area contributed by atoms with Gasteiger partial charge >= 0.3 is 0 Å². The van der Waals surface area contributed by atoms with E-state index in [4.69, 9.17) is 11.6 Å². The van der Waals surface area contributed by atoms with Gasteiger partial charge < -0.3 is 10.2 Å². The average Bonchev–Trinajstić information content (AvgIpc) is 2.93. The number of benzene rings is 3. The highest BCUT2D eigenvalue weighted by Crippen LogP contribution is 2.27. The molecule has 0 saturated heterocycles. The summed E-state index contributed by atoms with van der Waals surface area (Å²) in [5, 5.41) is 3.35. The summed E-state index contributed by atoms with van der Waals surface area (Å²) in [5.41, 5.74) is 4.14. The van der Waals surface area contributed by atoms with E-state index in [0.29, 0.717) is 23.7 Å². The van der Waals surface area contributed by atoms with Crippen LogP contribution in [0.15, 0.2) is 71.6 Å². The Balaban J connectivity index is 2.06. The van der Waals surface area contributed by atoms with E-state index < -0.39 is 28.5 Å². The molecular weight excluding hydrogens is 558 g/mol. The number of hydrogen-bond acceptors (Lipinski definition) is 4. The first kappa shape index (κ1) is 32.2. The molecule has 220 valence electrons. The standard InChI is InChI=1S/C32H40ClN3O4S/c1-6-8-18-34-32(38)30(7-2)35(21-26-11-9-10-23(3)19-26)31(37)22-36(28-15-12-24(4)25(5)20-28)41(39,40)29-16-13-27(33)14-17-29/h9-17,19-20,30H,6-8,18,21-22H2,1-5H3,(H,34,38)/t30-/m1/s1. The van der Waals surface area contributed by atoms with Crippen LogP contribution in [0.25, 0.3) is 0 Å². The van der Waals surface area contributed by atoms with E-state index in [2.05, 4.69) is 5.32 Å². The summed E-state index contributed by atoms with van der Waals surface area (Å²) in [6.07, 6.45) is 2.13. The van der Waals surface area contributed by atoms with Gasteiger partial charge in [0.15, 0.2) is 0 Å². The highest BCUT2D eigenvalue weighted by molar-refractivity contribution is 7.92. The van der Waals surface area contributed by atoms with Crippen molar-refractivity contribution in [2.75, 3.05) is 17.4 Å². The zero-order valence-electron chi connectivity index (χ0n) is 24.5. The maximum absolute atomic E-state index is 14.2. The average molecular weight is 598 g/mol. The van der Waals surface area contributed by atoms with E-state index in [0.717, 1.165) is 39.4 Å². The molecule has 7 nitrogen and oxygen atoms in total. The third-order valence-corrected chi connectivity index (χ3v) is 9.15. The molecule has 41 heavy (non-hydrogen) atoms. The van der Waals surface area contributed by atoms with Crippen LogP contribution < -0.4 is 9.62 Å². The summed E-state index contributed by atoms with van der Waals surface area (Å²) < 4.78 is 29.1. The van der Waals surface area contributed by atoms with Gasteiger partial charge in [-0.25, -0.2) is 8.42 Å². The van der Waals surface area contributed by atoms with Gasteiger partial charge in [-0.05, 0) is 86.7 Å². The minimum atomic E-state index is -4.15. The lowest BCUT2D eigenvalue weighted by molar-refractivity contribution is -0.140. The van der Waals surface area contributed by atoms with Crippen molar-refractivity contribution in [2.24, 2.45) is 0 Å². The van der Waals surface area contributed by atoms with Crippen molar-refractivity contribution in [3.05, 3.63) is 94.0 Å². The van der Waals surface area contributed by atoms with Gasteiger partial charge in [-0.15, -0.1) is 0 Å². The number of aryl methyl sites for hydroxylation is 3. The second-order valence-electron chi connectivity index (χ2n) is 10.3. The maximum atomic E-state index is 14.2. The minimum absolute atomic E-state index is 0.0162. The van der Waals surface area contributed by atoms with Crippen molar-refractivity contribution < 1.29 is 18.0 Å². The Labute approximate surface area is 249 Å². The second kappa shape index (κ2) is 14.5. The van der Waals surface area contributed by atoms with E-state index >= 15 is 0 Å². The predicted molar refractivity (Wildman–Crippen MR) is 166 cm³/mol. The van der Waals surface area contributed by atoms with Crippen molar-refractivity contribution in [1.82, 2.24) is 10.2 Å². The number of nitrogens with one attached hydrogen (secondary N) is 1. The van der Waals surface area contributed by atoms with Crippen LogP contribution in [0.4, 0.5) is 5.69 Å². The summed E-state index contributed by atoms with van der Waals surface area (Å²) in [7, 11) is -4.15. The highest BCUT2D eigenvalue weighted by atomic mass is 35.5. The molecule has 0 aliphatic rings. The molecule has 0 heterocycles.